The average Bonchev–Trinajstić information content (AvgIpc) is 3.52. The standard InChI is InChI=1S/C22H23ClFN9O/c1-13(34)31-7-5-16(6-8-31)32-12-15(11-27-32)14-9-17(21(25)26-10-14)22-28-29-30-33(22)19-4-2-3-18(24)20(19)23/h2-4,9-12,16,29-30H,5-8H2,1H3,(H2,25,26). The van der Waals surface area contributed by atoms with E-state index in [1.807, 2.05) is 21.8 Å². The molecule has 5 rings (SSSR count). The number of benzene rings is 1. The Kier molecular flexibility index (Phi) is 5.80. The van der Waals surface area contributed by atoms with Crippen LogP contribution in [0.25, 0.3) is 11.1 Å². The van der Waals surface area contributed by atoms with Gasteiger partial charge >= 0.3 is 0 Å². The van der Waals surface area contributed by atoms with E-state index < -0.39 is 5.82 Å². The Hall–Kier alpha value is -3.70. The van der Waals surface area contributed by atoms with Gasteiger partial charge in [0.25, 0.3) is 0 Å². The number of likely N-dealkylation sites (tertiary alicyclic amines) is 1. The summed E-state index contributed by atoms with van der Waals surface area (Å²) in [5.41, 5.74) is 14.3. The summed E-state index contributed by atoms with van der Waals surface area (Å²) in [7, 11) is 0. The highest BCUT2D eigenvalue weighted by Crippen LogP contribution is 2.31. The van der Waals surface area contributed by atoms with Crippen molar-refractivity contribution in [1.82, 2.24) is 30.7 Å². The Bertz CT molecular complexity index is 1270. The first-order chi connectivity index (χ1) is 16.4. The zero-order chi connectivity index (χ0) is 23.8. The summed E-state index contributed by atoms with van der Waals surface area (Å²) in [6.07, 6.45) is 7.13. The maximum absolute atomic E-state index is 14.0. The number of piperidine rings is 1. The highest BCUT2D eigenvalue weighted by Gasteiger charge is 2.27. The summed E-state index contributed by atoms with van der Waals surface area (Å²) in [5.74, 6) is 0.207. The fourth-order valence-corrected chi connectivity index (χ4v) is 4.41. The first-order valence-electron chi connectivity index (χ1n) is 10.8. The van der Waals surface area contributed by atoms with Crippen LogP contribution in [0.15, 0.2) is 48.0 Å². The number of carbonyl (C=O) groups is 1. The predicted molar refractivity (Wildman–Crippen MR) is 127 cm³/mol. The third kappa shape index (κ3) is 4.03. The van der Waals surface area contributed by atoms with E-state index >= 15 is 0 Å². The second kappa shape index (κ2) is 8.92. The molecular formula is C22H23ClFN9O. The number of amidine groups is 1. The molecule has 0 unspecified atom stereocenters. The number of rotatable bonds is 4. The van der Waals surface area contributed by atoms with Gasteiger partial charge in [-0.1, -0.05) is 17.7 Å². The molecule has 0 spiro atoms. The van der Waals surface area contributed by atoms with Crippen molar-refractivity contribution in [3.05, 3.63) is 59.3 Å². The largest absolute Gasteiger partial charge is 0.383 e. The first kappa shape index (κ1) is 22.1. The second-order valence-electron chi connectivity index (χ2n) is 8.17. The molecule has 2 aromatic heterocycles. The number of anilines is 2. The van der Waals surface area contributed by atoms with Crippen molar-refractivity contribution < 1.29 is 9.18 Å². The van der Waals surface area contributed by atoms with Crippen molar-refractivity contribution in [3.8, 4) is 11.1 Å². The first-order valence-corrected chi connectivity index (χ1v) is 11.2. The third-order valence-corrected chi connectivity index (χ3v) is 6.46. The van der Waals surface area contributed by atoms with Crippen molar-refractivity contribution in [2.75, 3.05) is 23.8 Å². The lowest BCUT2D eigenvalue weighted by Crippen LogP contribution is -2.41. The van der Waals surface area contributed by atoms with Crippen LogP contribution in [0.2, 0.25) is 5.02 Å². The zero-order valence-corrected chi connectivity index (χ0v) is 19.1. The molecule has 1 amide bonds. The Labute approximate surface area is 200 Å². The van der Waals surface area contributed by atoms with Crippen molar-refractivity contribution in [2.24, 2.45) is 5.10 Å². The van der Waals surface area contributed by atoms with E-state index in [-0.39, 0.29) is 22.8 Å². The molecule has 2 aliphatic heterocycles. The molecule has 12 heteroatoms. The number of nitrogens with two attached hydrogens (primary N) is 1. The topological polar surface area (TPSA) is 117 Å². The van der Waals surface area contributed by atoms with Crippen LogP contribution in [-0.2, 0) is 4.79 Å². The number of nitrogens with zero attached hydrogens (tertiary/aromatic N) is 6. The SMILES string of the molecule is CC(=O)N1CCC(n2cc(-c3cnc(N)c(C4=NNNN4c4cccc(F)c4Cl)c3)cn2)CC1. The van der Waals surface area contributed by atoms with Crippen LogP contribution in [0.3, 0.4) is 0 Å². The summed E-state index contributed by atoms with van der Waals surface area (Å²) < 4.78 is 16.0. The predicted octanol–water partition coefficient (Wildman–Crippen LogP) is 2.69. The Balaban J connectivity index is 1.41. The molecule has 0 aliphatic carbocycles. The molecule has 3 aromatic rings. The van der Waals surface area contributed by atoms with Crippen LogP contribution >= 0.6 is 11.6 Å². The molecule has 4 heterocycles. The molecule has 0 bridgehead atoms. The maximum atomic E-state index is 14.0. The fraction of sp³-hybridized carbons (Fsp3) is 0.273. The van der Waals surface area contributed by atoms with Gasteiger partial charge in [-0.3, -0.25) is 9.48 Å². The molecule has 10 nitrogen and oxygen atoms in total. The number of hydrazine groups is 2. The number of pyridine rings is 1. The van der Waals surface area contributed by atoms with Gasteiger partial charge in [0, 0.05) is 43.5 Å². The minimum absolute atomic E-state index is 0.0498. The normalized spacial score (nSPS) is 16.5. The highest BCUT2D eigenvalue weighted by atomic mass is 35.5. The number of nitrogen functional groups attached to an aromatic ring is 1. The van der Waals surface area contributed by atoms with Gasteiger partial charge in [0.1, 0.15) is 16.7 Å². The molecule has 176 valence electrons. The average molecular weight is 484 g/mol. The summed E-state index contributed by atoms with van der Waals surface area (Å²) in [6, 6.07) is 6.58. The van der Waals surface area contributed by atoms with Gasteiger partial charge < -0.3 is 10.6 Å². The molecule has 0 saturated carbocycles. The van der Waals surface area contributed by atoms with Gasteiger partial charge in [-0.05, 0) is 31.0 Å². The van der Waals surface area contributed by atoms with Gasteiger partial charge in [-0.25, -0.2) is 19.9 Å². The molecule has 0 radical (unpaired) electrons. The van der Waals surface area contributed by atoms with E-state index in [2.05, 4.69) is 26.3 Å². The van der Waals surface area contributed by atoms with E-state index in [1.54, 1.807) is 31.5 Å². The Morgan fingerprint density at radius 3 is 2.79 bits per heavy atom. The third-order valence-electron chi connectivity index (χ3n) is 6.09. The Morgan fingerprint density at radius 2 is 2.03 bits per heavy atom. The lowest BCUT2D eigenvalue weighted by atomic mass is 10.0. The molecule has 1 saturated heterocycles. The zero-order valence-electron chi connectivity index (χ0n) is 18.4. The van der Waals surface area contributed by atoms with Gasteiger partial charge in [0.2, 0.25) is 5.91 Å². The van der Waals surface area contributed by atoms with Crippen molar-refractivity contribution in [3.63, 3.8) is 0 Å². The van der Waals surface area contributed by atoms with Crippen molar-refractivity contribution in [2.45, 2.75) is 25.8 Å². The molecule has 34 heavy (non-hydrogen) atoms. The Morgan fingerprint density at radius 1 is 1.24 bits per heavy atom. The van der Waals surface area contributed by atoms with E-state index in [1.165, 1.54) is 11.1 Å². The summed E-state index contributed by atoms with van der Waals surface area (Å²) >= 11 is 6.18. The lowest BCUT2D eigenvalue weighted by Gasteiger charge is -2.31. The van der Waals surface area contributed by atoms with E-state index in [4.69, 9.17) is 17.3 Å². The van der Waals surface area contributed by atoms with E-state index in [0.717, 1.165) is 37.1 Å². The minimum atomic E-state index is -0.548. The number of aromatic nitrogens is 3. The number of nitrogens with one attached hydrogen (secondary N) is 2. The summed E-state index contributed by atoms with van der Waals surface area (Å²) in [5, 5.41) is 10.3. The van der Waals surface area contributed by atoms with Crippen LogP contribution in [0.5, 0.6) is 0 Å². The lowest BCUT2D eigenvalue weighted by molar-refractivity contribution is -0.130. The van der Waals surface area contributed by atoms with Crippen LogP contribution in [0.1, 0.15) is 31.4 Å². The van der Waals surface area contributed by atoms with Crippen molar-refractivity contribution in [1.29, 1.82) is 0 Å². The maximum Gasteiger partial charge on any atom is 0.219 e. The molecule has 1 aromatic carbocycles. The molecule has 0 atom stereocenters. The number of hydrazone groups is 1. The molecule has 2 aliphatic rings. The minimum Gasteiger partial charge on any atom is -0.383 e. The van der Waals surface area contributed by atoms with Gasteiger partial charge in [-0.2, -0.15) is 5.10 Å². The van der Waals surface area contributed by atoms with Gasteiger partial charge in [0.05, 0.1) is 23.5 Å². The smallest absolute Gasteiger partial charge is 0.219 e. The number of halogens is 2. The molecule has 4 N–H and O–H groups in total. The number of carbonyl (C=O) groups excluding carboxylic acids is 1. The fourth-order valence-electron chi connectivity index (χ4n) is 4.20. The van der Waals surface area contributed by atoms with E-state index in [0.29, 0.717) is 17.1 Å². The summed E-state index contributed by atoms with van der Waals surface area (Å²) in [6.45, 7) is 3.04. The van der Waals surface area contributed by atoms with Crippen LogP contribution in [0.4, 0.5) is 15.9 Å². The quantitative estimate of drug-likeness (QED) is 0.522. The monoisotopic (exact) mass is 483 g/mol. The van der Waals surface area contributed by atoms with E-state index in [9.17, 15) is 9.18 Å². The van der Waals surface area contributed by atoms with Gasteiger partial charge in [-0.15, -0.1) is 10.6 Å². The molecular weight excluding hydrogens is 461 g/mol. The molecule has 1 fully saturated rings. The van der Waals surface area contributed by atoms with Gasteiger partial charge in [0.15, 0.2) is 5.84 Å². The van der Waals surface area contributed by atoms with Crippen LogP contribution in [0, 0.1) is 5.82 Å². The second-order valence-corrected chi connectivity index (χ2v) is 8.55. The van der Waals surface area contributed by atoms with Crippen LogP contribution in [-0.4, -0.2) is 44.5 Å². The van der Waals surface area contributed by atoms with Crippen molar-refractivity contribution >= 4 is 34.8 Å². The highest BCUT2D eigenvalue weighted by molar-refractivity contribution is 6.34. The number of hydrogen-bond acceptors (Lipinski definition) is 8. The number of amides is 1. The summed E-state index contributed by atoms with van der Waals surface area (Å²) in [4.78, 5) is 17.8. The van der Waals surface area contributed by atoms with Crippen LogP contribution < -0.4 is 21.8 Å². The number of hydrogen-bond donors (Lipinski definition) is 3.